The number of nitrogens with one attached hydrogen (secondary N) is 1. The number of anilines is 1. The zero-order valence-electron chi connectivity index (χ0n) is 15.7. The third kappa shape index (κ3) is 4.16. The SMILES string of the molecule is CCN(C(=O)c1ccc(N=C(NC#N)SC)cc1)c1cccc2ccccc12. The van der Waals surface area contributed by atoms with E-state index in [1.54, 1.807) is 29.2 Å². The Morgan fingerprint density at radius 3 is 2.50 bits per heavy atom. The number of rotatable bonds is 4. The number of carbonyl (C=O) groups excluding carboxylic acids is 1. The molecular formula is C22H20N4OS. The minimum atomic E-state index is -0.0605. The van der Waals surface area contributed by atoms with Gasteiger partial charge in [-0.3, -0.25) is 10.1 Å². The molecule has 0 aromatic heterocycles. The van der Waals surface area contributed by atoms with Gasteiger partial charge in [0.1, 0.15) is 0 Å². The van der Waals surface area contributed by atoms with E-state index in [0.717, 1.165) is 16.5 Å². The first-order valence-corrected chi connectivity index (χ1v) is 10.1. The Bertz CT molecular complexity index is 1050. The topological polar surface area (TPSA) is 68.5 Å². The van der Waals surface area contributed by atoms with Gasteiger partial charge in [-0.05, 0) is 48.9 Å². The van der Waals surface area contributed by atoms with Crippen LogP contribution in [0.1, 0.15) is 17.3 Å². The van der Waals surface area contributed by atoms with Crippen molar-refractivity contribution in [3.8, 4) is 6.19 Å². The van der Waals surface area contributed by atoms with Crippen molar-refractivity contribution < 1.29 is 4.79 Å². The smallest absolute Gasteiger partial charge is 0.258 e. The van der Waals surface area contributed by atoms with E-state index in [0.29, 0.717) is 23.0 Å². The number of nitrogens with zero attached hydrogens (tertiary/aromatic N) is 3. The summed E-state index contributed by atoms with van der Waals surface area (Å²) in [4.78, 5) is 19.3. The first-order valence-electron chi connectivity index (χ1n) is 8.85. The molecule has 3 rings (SSSR count). The number of hydrogen-bond acceptors (Lipinski definition) is 4. The van der Waals surface area contributed by atoms with Crippen LogP contribution in [-0.4, -0.2) is 23.9 Å². The lowest BCUT2D eigenvalue weighted by Gasteiger charge is -2.23. The van der Waals surface area contributed by atoms with Crippen LogP contribution in [0.2, 0.25) is 0 Å². The van der Waals surface area contributed by atoms with Crippen LogP contribution in [0.4, 0.5) is 11.4 Å². The molecule has 5 nitrogen and oxygen atoms in total. The highest BCUT2D eigenvalue weighted by molar-refractivity contribution is 8.13. The Hall–Kier alpha value is -3.30. The standard InChI is InChI=1S/C22H20N4OS/c1-3-26(20-10-6-8-16-7-4-5-9-19(16)20)21(27)17-11-13-18(14-12-17)25-22(28-2)24-15-23/h4-14H,3H2,1-2H3,(H,24,25). The van der Waals surface area contributed by atoms with Gasteiger partial charge in [0.2, 0.25) is 0 Å². The molecule has 6 heteroatoms. The van der Waals surface area contributed by atoms with Crippen molar-refractivity contribution >= 4 is 45.0 Å². The van der Waals surface area contributed by atoms with Crippen molar-refractivity contribution in [1.29, 1.82) is 5.26 Å². The monoisotopic (exact) mass is 388 g/mol. The average molecular weight is 388 g/mol. The summed E-state index contributed by atoms with van der Waals surface area (Å²) in [6, 6.07) is 21.1. The molecule has 0 bridgehead atoms. The summed E-state index contributed by atoms with van der Waals surface area (Å²) >= 11 is 1.35. The summed E-state index contributed by atoms with van der Waals surface area (Å²) in [6.07, 6.45) is 3.70. The van der Waals surface area contributed by atoms with E-state index in [-0.39, 0.29) is 5.91 Å². The summed E-state index contributed by atoms with van der Waals surface area (Å²) in [7, 11) is 0. The van der Waals surface area contributed by atoms with Crippen LogP contribution in [0.3, 0.4) is 0 Å². The number of thioether (sulfide) groups is 1. The molecule has 3 aromatic rings. The molecule has 0 unspecified atom stereocenters. The van der Waals surface area contributed by atoms with E-state index in [1.165, 1.54) is 11.8 Å². The van der Waals surface area contributed by atoms with E-state index in [9.17, 15) is 4.79 Å². The fourth-order valence-corrected chi connectivity index (χ4v) is 3.34. The third-order valence-electron chi connectivity index (χ3n) is 4.32. The number of hydrogen-bond donors (Lipinski definition) is 1. The van der Waals surface area contributed by atoms with Gasteiger partial charge in [-0.1, -0.05) is 48.2 Å². The molecule has 0 fully saturated rings. The van der Waals surface area contributed by atoms with Gasteiger partial charge in [0.15, 0.2) is 11.4 Å². The summed E-state index contributed by atoms with van der Waals surface area (Å²) < 4.78 is 0. The van der Waals surface area contributed by atoms with Gasteiger partial charge in [-0.15, -0.1) is 0 Å². The van der Waals surface area contributed by atoms with Gasteiger partial charge in [0, 0.05) is 17.5 Å². The second-order valence-electron chi connectivity index (χ2n) is 5.95. The van der Waals surface area contributed by atoms with Gasteiger partial charge < -0.3 is 4.90 Å². The van der Waals surface area contributed by atoms with E-state index in [2.05, 4.69) is 10.3 Å². The number of benzene rings is 3. The number of fused-ring (bicyclic) bond motifs is 1. The maximum atomic E-state index is 13.1. The van der Waals surface area contributed by atoms with Crippen molar-refractivity contribution in [2.45, 2.75) is 6.92 Å². The zero-order valence-corrected chi connectivity index (χ0v) is 16.5. The van der Waals surface area contributed by atoms with Gasteiger partial charge >= 0.3 is 0 Å². The van der Waals surface area contributed by atoms with E-state index in [1.807, 2.05) is 61.8 Å². The molecule has 1 N–H and O–H groups in total. The summed E-state index contributed by atoms with van der Waals surface area (Å²) in [5.74, 6) is -0.0605. The maximum absolute atomic E-state index is 13.1. The van der Waals surface area contributed by atoms with Crippen molar-refractivity contribution in [1.82, 2.24) is 5.32 Å². The molecule has 28 heavy (non-hydrogen) atoms. The predicted molar refractivity (Wildman–Crippen MR) is 117 cm³/mol. The Balaban J connectivity index is 1.90. The van der Waals surface area contributed by atoms with Crippen LogP contribution >= 0.6 is 11.8 Å². The van der Waals surface area contributed by atoms with E-state index >= 15 is 0 Å². The molecule has 140 valence electrons. The summed E-state index contributed by atoms with van der Waals surface area (Å²) in [5, 5.41) is 13.9. The van der Waals surface area contributed by atoms with Crippen molar-refractivity contribution in [3.63, 3.8) is 0 Å². The van der Waals surface area contributed by atoms with Crippen molar-refractivity contribution in [3.05, 3.63) is 72.3 Å². The molecular weight excluding hydrogens is 368 g/mol. The molecule has 1 amide bonds. The maximum Gasteiger partial charge on any atom is 0.258 e. The van der Waals surface area contributed by atoms with Gasteiger partial charge in [0.05, 0.1) is 11.4 Å². The normalized spacial score (nSPS) is 11.1. The minimum absolute atomic E-state index is 0.0605. The van der Waals surface area contributed by atoms with Crippen LogP contribution in [0.25, 0.3) is 10.8 Å². The van der Waals surface area contributed by atoms with Crippen LogP contribution in [-0.2, 0) is 0 Å². The second kappa shape index (κ2) is 9.07. The van der Waals surface area contributed by atoms with Gasteiger partial charge in [0.25, 0.3) is 5.91 Å². The number of amides is 1. The first kappa shape index (κ1) is 19.5. The predicted octanol–water partition coefficient (Wildman–Crippen LogP) is 4.93. The molecule has 0 atom stereocenters. The lowest BCUT2D eigenvalue weighted by molar-refractivity contribution is 0.0988. The summed E-state index contributed by atoms with van der Waals surface area (Å²) in [6.45, 7) is 2.53. The number of carbonyl (C=O) groups is 1. The van der Waals surface area contributed by atoms with Crippen LogP contribution in [0.15, 0.2) is 71.7 Å². The Morgan fingerprint density at radius 1 is 1.11 bits per heavy atom. The van der Waals surface area contributed by atoms with Crippen LogP contribution < -0.4 is 10.2 Å². The highest BCUT2D eigenvalue weighted by Crippen LogP contribution is 2.28. The molecule has 0 radical (unpaired) electrons. The highest BCUT2D eigenvalue weighted by Gasteiger charge is 2.18. The molecule has 3 aromatic carbocycles. The Morgan fingerprint density at radius 2 is 1.82 bits per heavy atom. The van der Waals surface area contributed by atoms with E-state index in [4.69, 9.17) is 5.26 Å². The first-order chi connectivity index (χ1) is 13.7. The lowest BCUT2D eigenvalue weighted by Crippen LogP contribution is -2.30. The quantitative estimate of drug-likeness (QED) is 0.298. The zero-order chi connectivity index (χ0) is 19.9. The van der Waals surface area contributed by atoms with E-state index < -0.39 is 0 Å². The molecule has 0 saturated heterocycles. The fraction of sp³-hybridized carbons (Fsp3) is 0.136. The second-order valence-corrected chi connectivity index (χ2v) is 6.75. The Labute approximate surface area is 168 Å². The van der Waals surface area contributed by atoms with Crippen molar-refractivity contribution in [2.24, 2.45) is 4.99 Å². The molecule has 0 saturated carbocycles. The van der Waals surface area contributed by atoms with Gasteiger partial charge in [-0.2, -0.15) is 5.26 Å². The number of nitriles is 1. The largest absolute Gasteiger partial charge is 0.308 e. The van der Waals surface area contributed by atoms with Crippen LogP contribution in [0, 0.1) is 11.5 Å². The van der Waals surface area contributed by atoms with Crippen LogP contribution in [0.5, 0.6) is 0 Å². The number of amidine groups is 1. The molecule has 0 aliphatic carbocycles. The molecule has 0 aliphatic rings. The molecule has 0 aliphatic heterocycles. The summed E-state index contributed by atoms with van der Waals surface area (Å²) in [5.41, 5.74) is 2.17. The lowest BCUT2D eigenvalue weighted by atomic mass is 10.1. The fourth-order valence-electron chi connectivity index (χ4n) is 2.99. The van der Waals surface area contributed by atoms with Crippen molar-refractivity contribution in [2.75, 3.05) is 17.7 Å². The van der Waals surface area contributed by atoms with Gasteiger partial charge in [-0.25, -0.2) is 4.99 Å². The highest BCUT2D eigenvalue weighted by atomic mass is 32.2. The molecule has 0 spiro atoms. The minimum Gasteiger partial charge on any atom is -0.308 e. The Kier molecular flexibility index (Phi) is 6.30. The number of aliphatic imine (C=N–C) groups is 1. The average Bonchev–Trinajstić information content (AvgIpc) is 2.74. The third-order valence-corrected chi connectivity index (χ3v) is 4.90. The molecule has 0 heterocycles.